The number of aryl methyl sites for hydroxylation is 2. The van der Waals surface area contributed by atoms with Crippen LogP contribution in [0.1, 0.15) is 16.7 Å². The van der Waals surface area contributed by atoms with Crippen LogP contribution in [-0.4, -0.2) is 0 Å². The van der Waals surface area contributed by atoms with Crippen LogP contribution in [0.2, 0.25) is 0 Å². The summed E-state index contributed by atoms with van der Waals surface area (Å²) in [6.45, 7) is 4.66. The maximum Gasteiger partial charge on any atom is 0.135 e. The molecule has 0 fully saturated rings. The van der Waals surface area contributed by atoms with Crippen LogP contribution in [0.25, 0.3) is 10.8 Å². The predicted octanol–water partition coefficient (Wildman–Crippen LogP) is 4.71. The van der Waals surface area contributed by atoms with Gasteiger partial charge in [-0.15, -0.1) is 0 Å². The van der Waals surface area contributed by atoms with Crippen LogP contribution in [0, 0.1) is 13.8 Å². The van der Waals surface area contributed by atoms with Crippen molar-refractivity contribution >= 4 is 10.8 Å². The lowest BCUT2D eigenvalue weighted by atomic mass is 10.0. The summed E-state index contributed by atoms with van der Waals surface area (Å²) >= 11 is 0. The summed E-state index contributed by atoms with van der Waals surface area (Å²) in [5.41, 5.74) is 9.28. The van der Waals surface area contributed by atoms with E-state index in [-0.39, 0.29) is 0 Å². The first-order valence-electron chi connectivity index (χ1n) is 7.15. The molecule has 0 aromatic heterocycles. The maximum atomic E-state index is 6.16. The van der Waals surface area contributed by atoms with Crippen LogP contribution in [0.15, 0.2) is 54.6 Å². The van der Waals surface area contributed by atoms with Crippen molar-refractivity contribution in [2.75, 3.05) is 0 Å². The number of ether oxygens (including phenoxy) is 1. The molecule has 0 radical (unpaired) electrons. The van der Waals surface area contributed by atoms with Crippen molar-refractivity contribution in [3.63, 3.8) is 0 Å². The summed E-state index contributed by atoms with van der Waals surface area (Å²) in [5.74, 6) is 1.78. The molecular weight excluding hydrogens is 258 g/mol. The second-order valence-corrected chi connectivity index (χ2v) is 5.34. The van der Waals surface area contributed by atoms with Crippen LogP contribution in [0.4, 0.5) is 0 Å². The van der Waals surface area contributed by atoms with Gasteiger partial charge in [0.15, 0.2) is 0 Å². The van der Waals surface area contributed by atoms with E-state index in [1.54, 1.807) is 0 Å². The fraction of sp³-hybridized carbons (Fsp3) is 0.158. The highest BCUT2D eigenvalue weighted by molar-refractivity contribution is 5.91. The first-order chi connectivity index (χ1) is 10.2. The molecule has 0 amide bonds. The molecule has 0 bridgehead atoms. The summed E-state index contributed by atoms with van der Waals surface area (Å²) in [6.07, 6.45) is 0. The number of hydrogen-bond donors (Lipinski definition) is 1. The van der Waals surface area contributed by atoms with Gasteiger partial charge in [-0.25, -0.2) is 0 Å². The molecule has 0 aliphatic carbocycles. The zero-order valence-corrected chi connectivity index (χ0v) is 12.4. The van der Waals surface area contributed by atoms with Gasteiger partial charge in [-0.3, -0.25) is 0 Å². The number of hydrogen-bond acceptors (Lipinski definition) is 2. The Morgan fingerprint density at radius 3 is 2.38 bits per heavy atom. The van der Waals surface area contributed by atoms with Crippen LogP contribution in [0.3, 0.4) is 0 Å². The molecule has 0 saturated carbocycles. The standard InChI is InChI=1S/C19H19NO/c1-13-7-8-14(2)19(11-13)21-18-10-9-15(12-20)16-5-3-4-6-17(16)18/h3-11H,12,20H2,1-2H3. The van der Waals surface area contributed by atoms with E-state index in [0.29, 0.717) is 6.54 Å². The molecule has 21 heavy (non-hydrogen) atoms. The zero-order valence-electron chi connectivity index (χ0n) is 12.4. The van der Waals surface area contributed by atoms with E-state index >= 15 is 0 Å². The Labute approximate surface area is 125 Å². The third-order valence-electron chi connectivity index (χ3n) is 3.76. The zero-order chi connectivity index (χ0) is 14.8. The average molecular weight is 277 g/mol. The van der Waals surface area contributed by atoms with Crippen molar-refractivity contribution in [1.29, 1.82) is 0 Å². The first-order valence-corrected chi connectivity index (χ1v) is 7.15. The lowest BCUT2D eigenvalue weighted by Crippen LogP contribution is -1.98. The monoisotopic (exact) mass is 277 g/mol. The molecule has 3 rings (SSSR count). The molecule has 0 saturated heterocycles. The van der Waals surface area contributed by atoms with Crippen molar-refractivity contribution in [2.24, 2.45) is 5.73 Å². The quantitative estimate of drug-likeness (QED) is 0.752. The second-order valence-electron chi connectivity index (χ2n) is 5.34. The second kappa shape index (κ2) is 5.58. The molecule has 3 aromatic carbocycles. The third kappa shape index (κ3) is 2.63. The fourth-order valence-corrected chi connectivity index (χ4v) is 2.54. The molecule has 0 aliphatic rings. The van der Waals surface area contributed by atoms with Gasteiger partial charge in [0.2, 0.25) is 0 Å². The Morgan fingerprint density at radius 1 is 0.857 bits per heavy atom. The van der Waals surface area contributed by atoms with E-state index in [0.717, 1.165) is 33.4 Å². The van der Waals surface area contributed by atoms with E-state index in [9.17, 15) is 0 Å². The molecule has 0 heterocycles. The number of rotatable bonds is 3. The Bertz CT molecular complexity index is 793. The third-order valence-corrected chi connectivity index (χ3v) is 3.76. The highest BCUT2D eigenvalue weighted by atomic mass is 16.5. The highest BCUT2D eigenvalue weighted by Crippen LogP contribution is 2.33. The molecule has 0 unspecified atom stereocenters. The Hall–Kier alpha value is -2.32. The molecule has 0 spiro atoms. The van der Waals surface area contributed by atoms with E-state index < -0.39 is 0 Å². The van der Waals surface area contributed by atoms with Gasteiger partial charge in [0, 0.05) is 11.9 Å². The Kier molecular flexibility index (Phi) is 3.63. The van der Waals surface area contributed by atoms with Gasteiger partial charge in [0.05, 0.1) is 0 Å². The van der Waals surface area contributed by atoms with E-state index in [2.05, 4.69) is 44.2 Å². The summed E-state index contributed by atoms with van der Waals surface area (Å²) in [5, 5.41) is 2.25. The molecule has 0 aliphatic heterocycles. The van der Waals surface area contributed by atoms with E-state index in [1.165, 1.54) is 5.56 Å². The Morgan fingerprint density at radius 2 is 1.62 bits per heavy atom. The topological polar surface area (TPSA) is 35.2 Å². The lowest BCUT2D eigenvalue weighted by Gasteiger charge is -2.13. The highest BCUT2D eigenvalue weighted by Gasteiger charge is 2.08. The average Bonchev–Trinajstić information content (AvgIpc) is 2.51. The predicted molar refractivity (Wildman–Crippen MR) is 87.8 cm³/mol. The molecule has 106 valence electrons. The van der Waals surface area contributed by atoms with Crippen molar-refractivity contribution < 1.29 is 4.74 Å². The number of benzene rings is 3. The molecule has 2 heteroatoms. The molecule has 0 atom stereocenters. The number of nitrogens with two attached hydrogens (primary N) is 1. The minimum Gasteiger partial charge on any atom is -0.456 e. The molecule has 2 N–H and O–H groups in total. The van der Waals surface area contributed by atoms with Gasteiger partial charge >= 0.3 is 0 Å². The molecular formula is C19H19NO. The summed E-state index contributed by atoms with van der Waals surface area (Å²) in [4.78, 5) is 0. The van der Waals surface area contributed by atoms with Gasteiger partial charge in [-0.1, -0.05) is 42.5 Å². The summed E-state index contributed by atoms with van der Waals surface area (Å²) in [6, 6.07) is 18.5. The fourth-order valence-electron chi connectivity index (χ4n) is 2.54. The van der Waals surface area contributed by atoms with Gasteiger partial charge in [-0.05, 0) is 48.1 Å². The van der Waals surface area contributed by atoms with Crippen LogP contribution >= 0.6 is 0 Å². The summed E-state index contributed by atoms with van der Waals surface area (Å²) < 4.78 is 6.16. The van der Waals surface area contributed by atoms with Gasteiger partial charge in [0.25, 0.3) is 0 Å². The number of fused-ring (bicyclic) bond motifs is 1. The minimum absolute atomic E-state index is 0.532. The minimum atomic E-state index is 0.532. The maximum absolute atomic E-state index is 6.16. The van der Waals surface area contributed by atoms with E-state index in [1.807, 2.05) is 24.3 Å². The normalized spacial score (nSPS) is 10.8. The van der Waals surface area contributed by atoms with Crippen LogP contribution in [0.5, 0.6) is 11.5 Å². The summed E-state index contributed by atoms with van der Waals surface area (Å²) in [7, 11) is 0. The van der Waals surface area contributed by atoms with Crippen molar-refractivity contribution in [3.8, 4) is 11.5 Å². The van der Waals surface area contributed by atoms with Crippen LogP contribution in [-0.2, 0) is 6.54 Å². The first kappa shape index (κ1) is 13.7. The van der Waals surface area contributed by atoms with Gasteiger partial charge in [0.1, 0.15) is 11.5 Å². The van der Waals surface area contributed by atoms with Crippen molar-refractivity contribution in [1.82, 2.24) is 0 Å². The molecule has 3 aromatic rings. The lowest BCUT2D eigenvalue weighted by molar-refractivity contribution is 0.484. The van der Waals surface area contributed by atoms with Gasteiger partial charge in [-0.2, -0.15) is 0 Å². The van der Waals surface area contributed by atoms with Gasteiger partial charge < -0.3 is 10.5 Å². The van der Waals surface area contributed by atoms with E-state index in [4.69, 9.17) is 10.5 Å². The van der Waals surface area contributed by atoms with Crippen molar-refractivity contribution in [2.45, 2.75) is 20.4 Å². The SMILES string of the molecule is Cc1ccc(C)c(Oc2ccc(CN)c3ccccc23)c1. The Balaban J connectivity index is 2.11. The van der Waals surface area contributed by atoms with Crippen LogP contribution < -0.4 is 10.5 Å². The molecule has 2 nitrogen and oxygen atoms in total. The smallest absolute Gasteiger partial charge is 0.135 e. The largest absolute Gasteiger partial charge is 0.456 e. The van der Waals surface area contributed by atoms with Crippen molar-refractivity contribution in [3.05, 3.63) is 71.3 Å².